The Bertz CT molecular complexity index is 755. The van der Waals surface area contributed by atoms with Crippen LogP contribution in [0.25, 0.3) is 0 Å². The van der Waals surface area contributed by atoms with Gasteiger partial charge >= 0.3 is 0 Å². The minimum absolute atomic E-state index is 0.0156. The smallest absolute Gasteiger partial charge is 0.253 e. The van der Waals surface area contributed by atoms with Crippen molar-refractivity contribution in [1.29, 1.82) is 0 Å². The molecule has 0 radical (unpaired) electrons. The summed E-state index contributed by atoms with van der Waals surface area (Å²) in [5.74, 6) is 1.25. The Kier molecular flexibility index (Phi) is 7.42. The number of carbonyl (C=O) groups excluding carboxylic acids is 1. The molecule has 0 spiro atoms. The normalized spacial score (nSPS) is 15.0. The van der Waals surface area contributed by atoms with Crippen molar-refractivity contribution >= 4 is 17.2 Å². The molecule has 1 fully saturated rings. The molecule has 1 saturated heterocycles. The van der Waals surface area contributed by atoms with E-state index in [-0.39, 0.29) is 5.91 Å². The zero-order chi connectivity index (χ0) is 19.9. The minimum Gasteiger partial charge on any atom is -0.493 e. The minimum atomic E-state index is -0.0156. The SMILES string of the molecule is CC(C)COc1ccc(C(=O)N(C)Cc2csc(CN3CCOCC3)n2)cc1. The Morgan fingerprint density at radius 3 is 2.68 bits per heavy atom. The zero-order valence-electron chi connectivity index (χ0n) is 16.9. The fraction of sp³-hybridized carbons (Fsp3) is 0.524. The molecule has 6 nitrogen and oxygen atoms in total. The summed E-state index contributed by atoms with van der Waals surface area (Å²) in [5, 5.41) is 3.13. The van der Waals surface area contributed by atoms with Crippen molar-refractivity contribution in [3.8, 4) is 5.75 Å². The van der Waals surface area contributed by atoms with E-state index in [0.717, 1.165) is 49.3 Å². The predicted octanol–water partition coefficient (Wildman–Crippen LogP) is 3.28. The molecule has 0 unspecified atom stereocenters. The molecule has 1 aliphatic heterocycles. The van der Waals surface area contributed by atoms with Crippen LogP contribution in [0, 0.1) is 5.92 Å². The molecule has 1 aliphatic rings. The molecule has 28 heavy (non-hydrogen) atoms. The number of hydrogen-bond acceptors (Lipinski definition) is 6. The van der Waals surface area contributed by atoms with Gasteiger partial charge in [-0.05, 0) is 30.2 Å². The summed E-state index contributed by atoms with van der Waals surface area (Å²) in [4.78, 5) is 21.4. The lowest BCUT2D eigenvalue weighted by molar-refractivity contribution is 0.0341. The quantitative estimate of drug-likeness (QED) is 0.677. The van der Waals surface area contributed by atoms with Gasteiger partial charge in [0.25, 0.3) is 5.91 Å². The second-order valence-electron chi connectivity index (χ2n) is 7.51. The highest BCUT2D eigenvalue weighted by Crippen LogP contribution is 2.17. The van der Waals surface area contributed by atoms with Crippen LogP contribution in [-0.2, 0) is 17.8 Å². The fourth-order valence-electron chi connectivity index (χ4n) is 2.94. The molecular formula is C21H29N3O3S. The molecule has 0 aliphatic carbocycles. The van der Waals surface area contributed by atoms with Crippen molar-refractivity contribution < 1.29 is 14.3 Å². The summed E-state index contributed by atoms with van der Waals surface area (Å²) in [7, 11) is 1.81. The van der Waals surface area contributed by atoms with Gasteiger partial charge in [0.15, 0.2) is 0 Å². The summed E-state index contributed by atoms with van der Waals surface area (Å²) >= 11 is 1.65. The molecule has 2 heterocycles. The third kappa shape index (κ3) is 6.02. The van der Waals surface area contributed by atoms with E-state index in [2.05, 4.69) is 18.7 Å². The molecule has 0 atom stereocenters. The Morgan fingerprint density at radius 1 is 1.29 bits per heavy atom. The van der Waals surface area contributed by atoms with E-state index in [0.29, 0.717) is 24.6 Å². The average Bonchev–Trinajstić information content (AvgIpc) is 3.13. The lowest BCUT2D eigenvalue weighted by atomic mass is 10.2. The first-order valence-electron chi connectivity index (χ1n) is 9.73. The summed E-state index contributed by atoms with van der Waals surface area (Å²) in [6, 6.07) is 7.35. The largest absolute Gasteiger partial charge is 0.493 e. The molecule has 1 aromatic carbocycles. The molecule has 0 bridgehead atoms. The van der Waals surface area contributed by atoms with Crippen LogP contribution in [0.5, 0.6) is 5.75 Å². The van der Waals surface area contributed by atoms with E-state index in [1.165, 1.54) is 0 Å². The monoisotopic (exact) mass is 403 g/mol. The maximum absolute atomic E-state index is 12.7. The first-order chi connectivity index (χ1) is 13.5. The summed E-state index contributed by atoms with van der Waals surface area (Å²) < 4.78 is 11.1. The Balaban J connectivity index is 1.52. The second-order valence-corrected chi connectivity index (χ2v) is 8.45. The topological polar surface area (TPSA) is 54.9 Å². The third-order valence-corrected chi connectivity index (χ3v) is 5.37. The van der Waals surface area contributed by atoms with Crippen LogP contribution in [0.3, 0.4) is 0 Å². The van der Waals surface area contributed by atoms with Gasteiger partial charge in [-0.25, -0.2) is 4.98 Å². The second kappa shape index (κ2) is 10.0. The number of morpholine rings is 1. The first kappa shape index (κ1) is 20.8. The Hall–Kier alpha value is -1.96. The molecule has 0 N–H and O–H groups in total. The number of carbonyl (C=O) groups is 1. The zero-order valence-corrected chi connectivity index (χ0v) is 17.7. The van der Waals surface area contributed by atoms with E-state index in [1.54, 1.807) is 16.2 Å². The van der Waals surface area contributed by atoms with Crippen molar-refractivity contribution in [3.05, 3.63) is 45.9 Å². The van der Waals surface area contributed by atoms with Crippen molar-refractivity contribution in [2.45, 2.75) is 26.9 Å². The lowest BCUT2D eigenvalue weighted by Crippen LogP contribution is -2.35. The number of benzene rings is 1. The summed E-state index contributed by atoms with van der Waals surface area (Å²) in [6.45, 7) is 9.72. The van der Waals surface area contributed by atoms with Crippen molar-refractivity contribution in [3.63, 3.8) is 0 Å². The van der Waals surface area contributed by atoms with Crippen LogP contribution in [0.2, 0.25) is 0 Å². The maximum Gasteiger partial charge on any atom is 0.253 e. The number of amides is 1. The molecule has 1 amide bonds. The van der Waals surface area contributed by atoms with E-state index in [1.807, 2.05) is 36.7 Å². The van der Waals surface area contributed by atoms with Crippen LogP contribution in [0.15, 0.2) is 29.6 Å². The highest BCUT2D eigenvalue weighted by atomic mass is 32.1. The van der Waals surface area contributed by atoms with E-state index < -0.39 is 0 Å². The van der Waals surface area contributed by atoms with Gasteiger partial charge < -0.3 is 14.4 Å². The van der Waals surface area contributed by atoms with Crippen LogP contribution in [0.4, 0.5) is 0 Å². The molecular weight excluding hydrogens is 374 g/mol. The van der Waals surface area contributed by atoms with Crippen LogP contribution in [0.1, 0.15) is 34.9 Å². The predicted molar refractivity (Wildman–Crippen MR) is 111 cm³/mol. The Labute approximate surface area is 171 Å². The fourth-order valence-corrected chi connectivity index (χ4v) is 3.76. The van der Waals surface area contributed by atoms with Crippen LogP contribution < -0.4 is 4.74 Å². The number of ether oxygens (including phenoxy) is 2. The molecule has 2 aromatic rings. The molecule has 152 valence electrons. The number of thiazole rings is 1. The highest BCUT2D eigenvalue weighted by Gasteiger charge is 2.16. The van der Waals surface area contributed by atoms with E-state index >= 15 is 0 Å². The van der Waals surface area contributed by atoms with Crippen LogP contribution in [-0.4, -0.2) is 60.6 Å². The van der Waals surface area contributed by atoms with E-state index in [4.69, 9.17) is 14.5 Å². The van der Waals surface area contributed by atoms with Gasteiger partial charge in [0.2, 0.25) is 0 Å². The van der Waals surface area contributed by atoms with Gasteiger partial charge in [0.1, 0.15) is 10.8 Å². The third-order valence-electron chi connectivity index (χ3n) is 4.49. The van der Waals surface area contributed by atoms with Crippen molar-refractivity contribution in [2.75, 3.05) is 40.0 Å². The van der Waals surface area contributed by atoms with Gasteiger partial charge in [-0.1, -0.05) is 13.8 Å². The first-order valence-corrected chi connectivity index (χ1v) is 10.6. The Morgan fingerprint density at radius 2 is 2.00 bits per heavy atom. The van der Waals surface area contributed by atoms with Gasteiger partial charge in [0, 0.05) is 31.1 Å². The summed E-state index contributed by atoms with van der Waals surface area (Å²) in [5.41, 5.74) is 1.59. The molecule has 7 heteroatoms. The lowest BCUT2D eigenvalue weighted by Gasteiger charge is -2.25. The summed E-state index contributed by atoms with van der Waals surface area (Å²) in [6.07, 6.45) is 0. The van der Waals surface area contributed by atoms with Crippen LogP contribution >= 0.6 is 11.3 Å². The van der Waals surface area contributed by atoms with Gasteiger partial charge in [-0.2, -0.15) is 0 Å². The van der Waals surface area contributed by atoms with Gasteiger partial charge in [-0.3, -0.25) is 9.69 Å². The van der Waals surface area contributed by atoms with Crippen molar-refractivity contribution in [1.82, 2.24) is 14.8 Å². The highest BCUT2D eigenvalue weighted by molar-refractivity contribution is 7.09. The molecule has 0 saturated carbocycles. The van der Waals surface area contributed by atoms with E-state index in [9.17, 15) is 4.79 Å². The molecule has 1 aromatic heterocycles. The van der Waals surface area contributed by atoms with Gasteiger partial charge in [-0.15, -0.1) is 11.3 Å². The molecule has 3 rings (SSSR count). The number of rotatable bonds is 8. The standard InChI is InChI=1S/C21H29N3O3S/c1-16(2)14-27-19-6-4-17(5-7-19)21(25)23(3)12-18-15-28-20(22-18)13-24-8-10-26-11-9-24/h4-7,15-16H,8-14H2,1-3H3. The maximum atomic E-state index is 12.7. The number of hydrogen-bond donors (Lipinski definition) is 0. The number of nitrogens with zero attached hydrogens (tertiary/aromatic N) is 3. The van der Waals surface area contributed by atoms with Crippen molar-refractivity contribution in [2.24, 2.45) is 5.92 Å². The van der Waals surface area contributed by atoms with Gasteiger partial charge in [0.05, 0.1) is 38.6 Å². The average molecular weight is 404 g/mol. The number of aromatic nitrogens is 1.